The molecule has 1 aliphatic carbocycles. The molecule has 0 radical (unpaired) electrons. The highest BCUT2D eigenvalue weighted by atomic mass is 16.6. The number of benzene rings is 2. The maximum Gasteiger partial charge on any atom is 0.334 e. The van der Waals surface area contributed by atoms with E-state index >= 15 is 0 Å². The summed E-state index contributed by atoms with van der Waals surface area (Å²) in [6, 6.07) is 16.2. The van der Waals surface area contributed by atoms with Crippen LogP contribution in [0.4, 0.5) is 0 Å². The summed E-state index contributed by atoms with van der Waals surface area (Å²) in [4.78, 5) is 38.7. The van der Waals surface area contributed by atoms with Crippen LogP contribution < -0.4 is 4.74 Å². The van der Waals surface area contributed by atoms with E-state index in [0.717, 1.165) is 5.56 Å². The van der Waals surface area contributed by atoms with Gasteiger partial charge in [0.15, 0.2) is 5.41 Å². The highest BCUT2D eigenvalue weighted by molar-refractivity contribution is 6.08. The molecule has 0 bridgehead atoms. The molecule has 0 amide bonds. The highest BCUT2D eigenvalue weighted by Crippen LogP contribution is 2.56. The molecule has 0 fully saturated rings. The molecule has 0 spiro atoms. The molecule has 6 heteroatoms. The summed E-state index contributed by atoms with van der Waals surface area (Å²) in [5.74, 6) is -2.42. The Labute approximate surface area is 168 Å². The molecule has 2 aromatic carbocycles. The third-order valence-corrected chi connectivity index (χ3v) is 5.33. The molecule has 0 saturated heterocycles. The van der Waals surface area contributed by atoms with Crippen molar-refractivity contribution in [1.29, 1.82) is 0 Å². The SMILES string of the molecule is CCOC(=O)C12CC=C(C(=O)OCc3ccccc3)C1c1ccccc1OC2=O. The Bertz CT molecular complexity index is 993. The van der Waals surface area contributed by atoms with Gasteiger partial charge in [-0.15, -0.1) is 0 Å². The van der Waals surface area contributed by atoms with Gasteiger partial charge in [-0.1, -0.05) is 54.6 Å². The number of rotatable bonds is 5. The first-order chi connectivity index (χ1) is 14.1. The Morgan fingerprint density at radius 1 is 1.07 bits per heavy atom. The molecule has 2 atom stereocenters. The van der Waals surface area contributed by atoms with Crippen molar-refractivity contribution in [1.82, 2.24) is 0 Å². The van der Waals surface area contributed by atoms with Gasteiger partial charge in [0.25, 0.3) is 0 Å². The Balaban J connectivity index is 1.68. The van der Waals surface area contributed by atoms with Crippen LogP contribution in [-0.2, 0) is 30.5 Å². The number of esters is 3. The van der Waals surface area contributed by atoms with Crippen molar-refractivity contribution >= 4 is 17.9 Å². The van der Waals surface area contributed by atoms with Crippen LogP contribution in [0.2, 0.25) is 0 Å². The van der Waals surface area contributed by atoms with Gasteiger partial charge in [0.2, 0.25) is 0 Å². The molecule has 29 heavy (non-hydrogen) atoms. The maximum atomic E-state index is 12.9. The van der Waals surface area contributed by atoms with Crippen molar-refractivity contribution in [3.05, 3.63) is 77.4 Å². The molecule has 4 rings (SSSR count). The van der Waals surface area contributed by atoms with Crippen molar-refractivity contribution in [3.8, 4) is 5.75 Å². The number of carbonyl (C=O) groups is 3. The van der Waals surface area contributed by atoms with Gasteiger partial charge in [0.1, 0.15) is 12.4 Å². The van der Waals surface area contributed by atoms with Crippen LogP contribution >= 0.6 is 0 Å². The first-order valence-electron chi connectivity index (χ1n) is 9.47. The zero-order valence-electron chi connectivity index (χ0n) is 15.9. The Morgan fingerprint density at radius 3 is 2.55 bits per heavy atom. The third kappa shape index (κ3) is 3.10. The molecule has 6 nitrogen and oxygen atoms in total. The minimum absolute atomic E-state index is 0.0272. The summed E-state index contributed by atoms with van der Waals surface area (Å²) in [6.45, 7) is 1.89. The standard InChI is InChI=1S/C23H20O6/c1-2-27-21(25)23-13-12-17(20(24)28-14-15-8-4-3-5-9-15)19(23)16-10-6-7-11-18(16)29-22(23)26/h3-12,19H,2,13-14H2,1H3. The van der Waals surface area contributed by atoms with E-state index in [1.54, 1.807) is 37.3 Å². The van der Waals surface area contributed by atoms with Gasteiger partial charge in [-0.3, -0.25) is 9.59 Å². The minimum atomic E-state index is -1.61. The molecule has 0 saturated carbocycles. The fourth-order valence-corrected chi connectivity index (χ4v) is 3.96. The van der Waals surface area contributed by atoms with Crippen LogP contribution in [0.5, 0.6) is 5.75 Å². The van der Waals surface area contributed by atoms with Crippen LogP contribution in [0, 0.1) is 5.41 Å². The second kappa shape index (κ2) is 7.54. The van der Waals surface area contributed by atoms with Gasteiger partial charge in [-0.25, -0.2) is 4.79 Å². The van der Waals surface area contributed by atoms with Gasteiger partial charge < -0.3 is 14.2 Å². The van der Waals surface area contributed by atoms with Crippen LogP contribution in [0.3, 0.4) is 0 Å². The molecule has 1 heterocycles. The second-order valence-electron chi connectivity index (χ2n) is 6.98. The number of hydrogen-bond donors (Lipinski definition) is 0. The Hall–Kier alpha value is -3.41. The maximum absolute atomic E-state index is 12.9. The van der Waals surface area contributed by atoms with E-state index in [9.17, 15) is 14.4 Å². The topological polar surface area (TPSA) is 78.9 Å². The second-order valence-corrected chi connectivity index (χ2v) is 6.98. The van der Waals surface area contributed by atoms with E-state index in [-0.39, 0.29) is 25.2 Å². The lowest BCUT2D eigenvalue weighted by Gasteiger charge is -2.36. The molecule has 2 aromatic rings. The zero-order valence-corrected chi connectivity index (χ0v) is 15.9. The van der Waals surface area contributed by atoms with Crippen LogP contribution in [0.1, 0.15) is 30.4 Å². The molecule has 2 unspecified atom stereocenters. The third-order valence-electron chi connectivity index (χ3n) is 5.33. The molecule has 0 aromatic heterocycles. The van der Waals surface area contributed by atoms with E-state index in [2.05, 4.69) is 0 Å². The van der Waals surface area contributed by atoms with Crippen molar-refractivity contribution in [2.45, 2.75) is 25.9 Å². The van der Waals surface area contributed by atoms with Crippen molar-refractivity contribution in [2.75, 3.05) is 6.61 Å². The molecular weight excluding hydrogens is 372 g/mol. The van der Waals surface area contributed by atoms with Gasteiger partial charge in [-0.2, -0.15) is 0 Å². The fraction of sp³-hybridized carbons (Fsp3) is 0.261. The largest absolute Gasteiger partial charge is 0.465 e. The lowest BCUT2D eigenvalue weighted by atomic mass is 9.69. The van der Waals surface area contributed by atoms with E-state index in [1.807, 2.05) is 30.3 Å². The average Bonchev–Trinajstić information content (AvgIpc) is 3.16. The van der Waals surface area contributed by atoms with Crippen LogP contribution in [0.25, 0.3) is 0 Å². The summed E-state index contributed by atoms with van der Waals surface area (Å²) in [5, 5.41) is 0. The molecule has 148 valence electrons. The summed E-state index contributed by atoms with van der Waals surface area (Å²) < 4.78 is 16.1. The van der Waals surface area contributed by atoms with Crippen LogP contribution in [0.15, 0.2) is 66.2 Å². The lowest BCUT2D eigenvalue weighted by Crippen LogP contribution is -2.49. The number of fused-ring (bicyclic) bond motifs is 3. The lowest BCUT2D eigenvalue weighted by molar-refractivity contribution is -0.169. The summed E-state index contributed by atoms with van der Waals surface area (Å²) in [5.41, 5.74) is 0.115. The fourth-order valence-electron chi connectivity index (χ4n) is 3.96. The van der Waals surface area contributed by atoms with E-state index in [0.29, 0.717) is 11.3 Å². The predicted octanol–water partition coefficient (Wildman–Crippen LogP) is 3.31. The van der Waals surface area contributed by atoms with Crippen molar-refractivity contribution in [3.63, 3.8) is 0 Å². The summed E-state index contributed by atoms with van der Waals surface area (Å²) in [7, 11) is 0. The number of carbonyl (C=O) groups excluding carboxylic acids is 3. The van der Waals surface area contributed by atoms with Gasteiger partial charge >= 0.3 is 17.9 Å². The molecule has 1 aliphatic heterocycles. The van der Waals surface area contributed by atoms with E-state index in [1.165, 1.54) is 0 Å². The van der Waals surface area contributed by atoms with Crippen molar-refractivity contribution < 1.29 is 28.6 Å². The Morgan fingerprint density at radius 2 is 1.79 bits per heavy atom. The molecule has 2 aliphatic rings. The monoisotopic (exact) mass is 392 g/mol. The van der Waals surface area contributed by atoms with Gasteiger partial charge in [0, 0.05) is 17.1 Å². The number of para-hydroxylation sites is 1. The number of ether oxygens (including phenoxy) is 3. The van der Waals surface area contributed by atoms with Crippen LogP contribution in [-0.4, -0.2) is 24.5 Å². The quantitative estimate of drug-likeness (QED) is 0.441. The molecule has 0 N–H and O–H groups in total. The van der Waals surface area contributed by atoms with Gasteiger partial charge in [0.05, 0.1) is 6.61 Å². The van der Waals surface area contributed by atoms with E-state index < -0.39 is 29.2 Å². The minimum Gasteiger partial charge on any atom is -0.465 e. The average molecular weight is 392 g/mol. The molecular formula is C23H20O6. The number of hydrogen-bond acceptors (Lipinski definition) is 6. The first-order valence-corrected chi connectivity index (χ1v) is 9.47. The predicted molar refractivity (Wildman–Crippen MR) is 103 cm³/mol. The summed E-state index contributed by atoms with van der Waals surface area (Å²) in [6.07, 6.45) is 1.62. The Kier molecular flexibility index (Phi) is 4.92. The zero-order chi connectivity index (χ0) is 20.4. The normalized spacial score (nSPS) is 22.0. The smallest absolute Gasteiger partial charge is 0.334 e. The van der Waals surface area contributed by atoms with Crippen molar-refractivity contribution in [2.24, 2.45) is 5.41 Å². The highest BCUT2D eigenvalue weighted by Gasteiger charge is 2.63. The first kappa shape index (κ1) is 18.9. The van der Waals surface area contributed by atoms with Gasteiger partial charge in [-0.05, 0) is 25.0 Å². The number of allylic oxidation sites excluding steroid dienone is 1. The summed E-state index contributed by atoms with van der Waals surface area (Å²) >= 11 is 0. The van der Waals surface area contributed by atoms with E-state index in [4.69, 9.17) is 14.2 Å².